The number of carboxylic acids is 1. The number of carbonyl (C=O) groups is 1. The van der Waals surface area contributed by atoms with E-state index in [1.807, 2.05) is 30.3 Å². The van der Waals surface area contributed by atoms with E-state index >= 15 is 0 Å². The summed E-state index contributed by atoms with van der Waals surface area (Å²) in [5, 5.41) is 8.42. The average molecular weight is 258 g/mol. The number of carboxylic acid groups (broad SMARTS) is 1. The van der Waals surface area contributed by atoms with Crippen LogP contribution >= 0.6 is 0 Å². The highest BCUT2D eigenvalue weighted by Crippen LogP contribution is 2.21. The van der Waals surface area contributed by atoms with Gasteiger partial charge < -0.3 is 9.84 Å². The summed E-state index contributed by atoms with van der Waals surface area (Å²) in [4.78, 5) is 10.3. The van der Waals surface area contributed by atoms with Gasteiger partial charge in [0.25, 0.3) is 0 Å². The second kappa shape index (κ2) is 5.82. The Morgan fingerprint density at radius 1 is 1.00 bits per heavy atom. The van der Waals surface area contributed by atoms with Crippen LogP contribution in [0.5, 0.6) is 11.5 Å². The maximum atomic E-state index is 12.9. The number of aliphatic carboxylic acids is 1. The smallest absolute Gasteiger partial charge is 0.364 e. The highest BCUT2D eigenvalue weighted by molar-refractivity contribution is 5.89. The Balaban J connectivity index is 2.11. The molecule has 0 saturated carbocycles. The minimum Gasteiger partial charge on any atom is -0.476 e. The number of hydrogen-bond acceptors (Lipinski definition) is 2. The van der Waals surface area contributed by atoms with Crippen molar-refractivity contribution in [3.05, 3.63) is 66.0 Å². The number of rotatable bonds is 4. The van der Waals surface area contributed by atoms with E-state index in [1.54, 1.807) is 24.3 Å². The normalized spacial score (nSPS) is 11.1. The number of hydrogen-bond donors (Lipinski definition) is 1. The van der Waals surface area contributed by atoms with Gasteiger partial charge in [-0.15, -0.1) is 0 Å². The lowest BCUT2D eigenvalue weighted by molar-refractivity contribution is -0.134. The predicted molar refractivity (Wildman–Crippen MR) is 69.7 cm³/mol. The van der Waals surface area contributed by atoms with Gasteiger partial charge in [0, 0.05) is 0 Å². The molecule has 2 aromatic carbocycles. The van der Waals surface area contributed by atoms with Gasteiger partial charge >= 0.3 is 5.97 Å². The van der Waals surface area contributed by atoms with Gasteiger partial charge in [-0.3, -0.25) is 0 Å². The van der Waals surface area contributed by atoms with Crippen molar-refractivity contribution in [3.8, 4) is 11.5 Å². The summed E-state index contributed by atoms with van der Waals surface area (Å²) in [5.74, 6) is -1.48. The number of para-hydroxylation sites is 1. The Morgan fingerprint density at radius 3 is 2.16 bits per heavy atom. The first kappa shape index (κ1) is 12.8. The van der Waals surface area contributed by atoms with E-state index in [0.29, 0.717) is 17.1 Å². The fourth-order valence-electron chi connectivity index (χ4n) is 1.46. The Labute approximate surface area is 109 Å². The van der Waals surface area contributed by atoms with Crippen molar-refractivity contribution in [1.82, 2.24) is 0 Å². The predicted octanol–water partition coefficient (Wildman–Crippen LogP) is 3.87. The SMILES string of the molecule is O=C(O)C(F)=Cc1ccc(Oc2ccccc2)cc1. The van der Waals surface area contributed by atoms with Crippen LogP contribution in [-0.4, -0.2) is 11.1 Å². The van der Waals surface area contributed by atoms with Crippen LogP contribution in [0.3, 0.4) is 0 Å². The monoisotopic (exact) mass is 258 g/mol. The van der Waals surface area contributed by atoms with Crippen LogP contribution in [0.4, 0.5) is 4.39 Å². The zero-order valence-corrected chi connectivity index (χ0v) is 9.92. The summed E-state index contributed by atoms with van der Waals surface area (Å²) in [5.41, 5.74) is 0.459. The standard InChI is InChI=1S/C15H11FO3/c16-14(15(17)18)10-11-6-8-13(9-7-11)19-12-4-2-1-3-5-12/h1-10H,(H,17,18). The molecular formula is C15H11FO3. The molecule has 0 amide bonds. The zero-order valence-electron chi connectivity index (χ0n) is 9.92. The van der Waals surface area contributed by atoms with Gasteiger partial charge in [0.2, 0.25) is 5.83 Å². The lowest BCUT2D eigenvalue weighted by Crippen LogP contribution is -1.93. The average Bonchev–Trinajstić information content (AvgIpc) is 2.42. The second-order valence-corrected chi connectivity index (χ2v) is 3.78. The first-order valence-corrected chi connectivity index (χ1v) is 5.58. The molecule has 0 spiro atoms. The highest BCUT2D eigenvalue weighted by atomic mass is 19.1. The van der Waals surface area contributed by atoms with E-state index in [4.69, 9.17) is 9.84 Å². The summed E-state index contributed by atoms with van der Waals surface area (Å²) in [6, 6.07) is 15.7. The van der Waals surface area contributed by atoms with Crippen LogP contribution in [0, 0.1) is 0 Å². The molecule has 96 valence electrons. The van der Waals surface area contributed by atoms with Crippen LogP contribution in [0.1, 0.15) is 5.56 Å². The molecule has 3 nitrogen and oxygen atoms in total. The minimum atomic E-state index is -1.58. The molecule has 0 heterocycles. The maximum Gasteiger partial charge on any atom is 0.364 e. The van der Waals surface area contributed by atoms with Crippen molar-refractivity contribution in [3.63, 3.8) is 0 Å². The third-order valence-electron chi connectivity index (χ3n) is 2.36. The van der Waals surface area contributed by atoms with Gasteiger partial charge in [0.1, 0.15) is 11.5 Å². The van der Waals surface area contributed by atoms with Gasteiger partial charge in [-0.1, -0.05) is 30.3 Å². The molecule has 0 aliphatic carbocycles. The first-order chi connectivity index (χ1) is 9.15. The molecule has 2 aromatic rings. The van der Waals surface area contributed by atoms with E-state index in [-0.39, 0.29) is 0 Å². The molecule has 0 aromatic heterocycles. The minimum absolute atomic E-state index is 0.459. The van der Waals surface area contributed by atoms with Gasteiger partial charge in [-0.25, -0.2) is 4.79 Å². The Morgan fingerprint density at radius 2 is 1.58 bits per heavy atom. The fraction of sp³-hybridized carbons (Fsp3) is 0. The second-order valence-electron chi connectivity index (χ2n) is 3.78. The molecule has 2 rings (SSSR count). The number of benzene rings is 2. The maximum absolute atomic E-state index is 12.9. The summed E-state index contributed by atoms with van der Waals surface area (Å²) in [7, 11) is 0. The van der Waals surface area contributed by atoms with Crippen molar-refractivity contribution >= 4 is 12.0 Å². The van der Waals surface area contributed by atoms with Gasteiger partial charge in [0.15, 0.2) is 0 Å². The molecule has 0 aliphatic heterocycles. The zero-order chi connectivity index (χ0) is 13.7. The third kappa shape index (κ3) is 3.67. The number of halogens is 1. The lowest BCUT2D eigenvalue weighted by atomic mass is 10.2. The van der Waals surface area contributed by atoms with Crippen molar-refractivity contribution in [2.45, 2.75) is 0 Å². The third-order valence-corrected chi connectivity index (χ3v) is 2.36. The molecule has 4 heteroatoms. The van der Waals surface area contributed by atoms with Gasteiger partial charge in [-0.05, 0) is 35.9 Å². The molecule has 0 aliphatic rings. The van der Waals surface area contributed by atoms with Crippen molar-refractivity contribution in [1.29, 1.82) is 0 Å². The number of ether oxygens (including phenoxy) is 1. The van der Waals surface area contributed by atoms with E-state index in [9.17, 15) is 9.18 Å². The molecule has 1 N–H and O–H groups in total. The van der Waals surface area contributed by atoms with Gasteiger partial charge in [0.05, 0.1) is 0 Å². The Bertz CT molecular complexity index is 589. The molecule has 0 unspecified atom stereocenters. The summed E-state index contributed by atoms with van der Waals surface area (Å²) >= 11 is 0. The van der Waals surface area contributed by atoms with Crippen molar-refractivity contribution in [2.75, 3.05) is 0 Å². The molecule has 0 radical (unpaired) electrons. The largest absolute Gasteiger partial charge is 0.476 e. The van der Waals surface area contributed by atoms with Gasteiger partial charge in [-0.2, -0.15) is 4.39 Å². The quantitative estimate of drug-likeness (QED) is 0.846. The first-order valence-electron chi connectivity index (χ1n) is 5.58. The van der Waals surface area contributed by atoms with Crippen LogP contribution in [0.15, 0.2) is 60.4 Å². The van der Waals surface area contributed by atoms with E-state index in [2.05, 4.69) is 0 Å². The summed E-state index contributed by atoms with van der Waals surface area (Å²) < 4.78 is 18.4. The Kier molecular flexibility index (Phi) is 3.93. The fourth-order valence-corrected chi connectivity index (χ4v) is 1.46. The Hall–Kier alpha value is -2.62. The van der Waals surface area contributed by atoms with Crippen LogP contribution in [0.2, 0.25) is 0 Å². The molecule has 0 fully saturated rings. The van der Waals surface area contributed by atoms with E-state index < -0.39 is 11.8 Å². The molecular weight excluding hydrogens is 247 g/mol. The summed E-state index contributed by atoms with van der Waals surface area (Å²) in [6.45, 7) is 0. The molecule has 19 heavy (non-hydrogen) atoms. The van der Waals surface area contributed by atoms with Crippen molar-refractivity contribution < 1.29 is 19.0 Å². The van der Waals surface area contributed by atoms with E-state index in [1.165, 1.54) is 0 Å². The summed E-state index contributed by atoms with van der Waals surface area (Å²) in [6.07, 6.45) is 0.953. The van der Waals surface area contributed by atoms with Crippen LogP contribution < -0.4 is 4.74 Å². The van der Waals surface area contributed by atoms with Crippen LogP contribution in [0.25, 0.3) is 6.08 Å². The van der Waals surface area contributed by atoms with Crippen molar-refractivity contribution in [2.24, 2.45) is 0 Å². The van der Waals surface area contributed by atoms with E-state index in [0.717, 1.165) is 6.08 Å². The molecule has 0 atom stereocenters. The lowest BCUT2D eigenvalue weighted by Gasteiger charge is -2.05. The molecule has 0 bridgehead atoms. The highest BCUT2D eigenvalue weighted by Gasteiger charge is 2.05. The van der Waals surface area contributed by atoms with Crippen LogP contribution in [-0.2, 0) is 4.79 Å². The topological polar surface area (TPSA) is 46.5 Å². The molecule has 0 saturated heterocycles.